The average Bonchev–Trinajstić information content (AvgIpc) is 2.79. The number of ether oxygens (including phenoxy) is 1. The van der Waals surface area contributed by atoms with Crippen LogP contribution in [0.15, 0.2) is 69.8 Å². The summed E-state index contributed by atoms with van der Waals surface area (Å²) in [6, 6.07) is 16.8. The molecule has 0 atom stereocenters. The van der Waals surface area contributed by atoms with Crippen LogP contribution in [0.1, 0.15) is 18.9 Å². The molecule has 1 aliphatic heterocycles. The summed E-state index contributed by atoms with van der Waals surface area (Å²) in [5.41, 5.74) is 2.46. The maximum atomic E-state index is 12.8. The third kappa shape index (κ3) is 4.36. The number of rotatable bonds is 6. The molecule has 2 aromatic carbocycles. The number of hydrogen-bond acceptors (Lipinski definition) is 5. The lowest BCUT2D eigenvalue weighted by atomic mass is 9.93. The predicted octanol–water partition coefficient (Wildman–Crippen LogP) is 2.41. The van der Waals surface area contributed by atoms with Gasteiger partial charge in [-0.05, 0) is 36.6 Å². The second-order valence-electron chi connectivity index (χ2n) is 7.50. The Morgan fingerprint density at radius 1 is 1.03 bits per heavy atom. The fraction of sp³-hybridized carbons (Fsp3) is 0.292. The second kappa shape index (κ2) is 9.14. The topological polar surface area (TPSA) is 84.4 Å². The van der Waals surface area contributed by atoms with Crippen LogP contribution in [-0.2, 0) is 16.1 Å². The molecule has 1 aromatic heterocycles. The molecule has 1 N–H and O–H groups in total. The highest BCUT2D eigenvalue weighted by atomic mass is 16.5. The lowest BCUT2D eigenvalue weighted by molar-refractivity contribution is -0.138. The first-order valence-electron chi connectivity index (χ1n) is 10.5. The number of carbonyl (C=O) groups is 1. The Hall–Kier alpha value is -3.45. The summed E-state index contributed by atoms with van der Waals surface area (Å²) in [5.74, 6) is -0.313. The van der Waals surface area contributed by atoms with E-state index in [1.165, 1.54) is 4.57 Å². The Balaban J connectivity index is 1.57. The van der Waals surface area contributed by atoms with Gasteiger partial charge in [-0.2, -0.15) is 0 Å². The number of esters is 1. The van der Waals surface area contributed by atoms with Gasteiger partial charge in [0.25, 0.3) is 5.56 Å². The zero-order chi connectivity index (χ0) is 21.8. The Morgan fingerprint density at radius 2 is 1.77 bits per heavy atom. The normalized spacial score (nSPS) is 14.7. The Kier molecular flexibility index (Phi) is 6.13. The minimum atomic E-state index is -0.424. The van der Waals surface area contributed by atoms with E-state index in [9.17, 15) is 14.4 Å². The molecule has 1 aliphatic rings. The molecule has 0 amide bonds. The van der Waals surface area contributed by atoms with Crippen LogP contribution >= 0.6 is 0 Å². The maximum absolute atomic E-state index is 12.8. The number of H-pyrrole nitrogens is 1. The van der Waals surface area contributed by atoms with Crippen molar-refractivity contribution in [2.24, 2.45) is 0 Å². The number of aromatic amines is 1. The molecule has 2 heterocycles. The van der Waals surface area contributed by atoms with E-state index in [4.69, 9.17) is 4.74 Å². The molecule has 0 aliphatic carbocycles. The number of fused-ring (bicyclic) bond motifs is 1. The smallest absolute Gasteiger partial charge is 0.335 e. The first kappa shape index (κ1) is 20.8. The zero-order valence-corrected chi connectivity index (χ0v) is 17.5. The van der Waals surface area contributed by atoms with Gasteiger partial charge in [0, 0.05) is 26.2 Å². The second-order valence-corrected chi connectivity index (χ2v) is 7.50. The molecule has 0 bridgehead atoms. The first-order valence-corrected chi connectivity index (χ1v) is 10.5. The van der Waals surface area contributed by atoms with E-state index in [1.807, 2.05) is 30.3 Å². The van der Waals surface area contributed by atoms with Crippen LogP contribution in [0.5, 0.6) is 0 Å². The van der Waals surface area contributed by atoms with Gasteiger partial charge in [0.15, 0.2) is 0 Å². The molecule has 0 fully saturated rings. The van der Waals surface area contributed by atoms with Crippen LogP contribution < -0.4 is 11.2 Å². The highest BCUT2D eigenvalue weighted by Crippen LogP contribution is 2.28. The van der Waals surface area contributed by atoms with E-state index in [-0.39, 0.29) is 18.1 Å². The molecule has 7 heteroatoms. The Labute approximate surface area is 179 Å². The lowest BCUT2D eigenvalue weighted by Crippen LogP contribution is -2.41. The minimum Gasteiger partial charge on any atom is -0.463 e. The van der Waals surface area contributed by atoms with E-state index in [0.717, 1.165) is 17.7 Å². The fourth-order valence-electron chi connectivity index (χ4n) is 4.02. The summed E-state index contributed by atoms with van der Waals surface area (Å²) in [6.45, 7) is 3.98. The van der Waals surface area contributed by atoms with Gasteiger partial charge in [0.2, 0.25) is 0 Å². The first-order chi connectivity index (χ1) is 15.1. The Bertz CT molecular complexity index is 1240. The van der Waals surface area contributed by atoms with Crippen LogP contribution in [0.25, 0.3) is 16.5 Å². The number of hydrogen-bond donors (Lipinski definition) is 1. The van der Waals surface area contributed by atoms with Gasteiger partial charge < -0.3 is 9.72 Å². The van der Waals surface area contributed by atoms with Crippen molar-refractivity contribution >= 4 is 22.4 Å². The largest absolute Gasteiger partial charge is 0.463 e. The van der Waals surface area contributed by atoms with Gasteiger partial charge in [-0.3, -0.25) is 14.3 Å². The van der Waals surface area contributed by atoms with Crippen molar-refractivity contribution in [3.05, 3.63) is 86.6 Å². The summed E-state index contributed by atoms with van der Waals surface area (Å²) >= 11 is 0. The summed E-state index contributed by atoms with van der Waals surface area (Å²) < 4.78 is 6.52. The molecule has 3 aromatic rings. The van der Waals surface area contributed by atoms with Crippen LogP contribution in [0.3, 0.4) is 0 Å². The average molecular weight is 419 g/mol. The summed E-state index contributed by atoms with van der Waals surface area (Å²) in [4.78, 5) is 42.7. The SMILES string of the molecule is CCOC(=O)C1=C(c2ccccc2)CCN(CCn2c(=O)[nH]c3ccccc3c2=O)C1. The van der Waals surface area contributed by atoms with Crippen LogP contribution in [-0.4, -0.2) is 46.7 Å². The van der Waals surface area contributed by atoms with Crippen molar-refractivity contribution in [3.63, 3.8) is 0 Å². The van der Waals surface area contributed by atoms with E-state index in [1.54, 1.807) is 31.2 Å². The van der Waals surface area contributed by atoms with Gasteiger partial charge in [0.05, 0.1) is 23.1 Å². The monoisotopic (exact) mass is 419 g/mol. The molecular formula is C24H25N3O4. The van der Waals surface area contributed by atoms with E-state index in [2.05, 4.69) is 9.88 Å². The number of carbonyl (C=O) groups excluding carboxylic acids is 1. The van der Waals surface area contributed by atoms with Crippen molar-refractivity contribution < 1.29 is 9.53 Å². The van der Waals surface area contributed by atoms with Gasteiger partial charge in [-0.15, -0.1) is 0 Å². The van der Waals surface area contributed by atoms with Crippen molar-refractivity contribution in [2.45, 2.75) is 19.9 Å². The number of benzene rings is 2. The van der Waals surface area contributed by atoms with E-state index in [0.29, 0.717) is 42.6 Å². The molecule has 0 unspecified atom stereocenters. The predicted molar refractivity (Wildman–Crippen MR) is 120 cm³/mol. The van der Waals surface area contributed by atoms with E-state index >= 15 is 0 Å². The van der Waals surface area contributed by atoms with Gasteiger partial charge in [-0.25, -0.2) is 9.59 Å². The Morgan fingerprint density at radius 3 is 2.55 bits per heavy atom. The summed E-state index contributed by atoms with van der Waals surface area (Å²) in [5, 5.41) is 0.485. The van der Waals surface area contributed by atoms with Crippen LogP contribution in [0, 0.1) is 0 Å². The molecule has 160 valence electrons. The van der Waals surface area contributed by atoms with Gasteiger partial charge >= 0.3 is 11.7 Å². The highest BCUT2D eigenvalue weighted by Gasteiger charge is 2.25. The fourth-order valence-corrected chi connectivity index (χ4v) is 4.02. The standard InChI is InChI=1S/C24H25N3O4/c1-2-31-23(29)20-16-26(13-12-18(20)17-8-4-3-5-9-17)14-15-27-22(28)19-10-6-7-11-21(19)25-24(27)30/h3-11H,2,12-16H2,1H3,(H,25,30). The minimum absolute atomic E-state index is 0.246. The van der Waals surface area contributed by atoms with Crippen molar-refractivity contribution in [1.29, 1.82) is 0 Å². The van der Waals surface area contributed by atoms with Crippen molar-refractivity contribution in [2.75, 3.05) is 26.2 Å². The van der Waals surface area contributed by atoms with Crippen molar-refractivity contribution in [1.82, 2.24) is 14.5 Å². The zero-order valence-electron chi connectivity index (χ0n) is 17.5. The van der Waals surface area contributed by atoms with Crippen LogP contribution in [0.2, 0.25) is 0 Å². The number of aromatic nitrogens is 2. The van der Waals surface area contributed by atoms with Crippen LogP contribution in [0.4, 0.5) is 0 Å². The number of para-hydroxylation sites is 1. The molecular weight excluding hydrogens is 394 g/mol. The lowest BCUT2D eigenvalue weighted by Gasteiger charge is -2.30. The molecule has 0 saturated carbocycles. The molecule has 31 heavy (non-hydrogen) atoms. The third-order valence-electron chi connectivity index (χ3n) is 5.60. The summed E-state index contributed by atoms with van der Waals surface area (Å²) in [6.07, 6.45) is 0.696. The molecule has 4 rings (SSSR count). The van der Waals surface area contributed by atoms with Gasteiger partial charge in [-0.1, -0.05) is 42.5 Å². The van der Waals surface area contributed by atoms with Crippen molar-refractivity contribution in [3.8, 4) is 0 Å². The molecule has 7 nitrogen and oxygen atoms in total. The number of nitrogens with zero attached hydrogens (tertiary/aromatic N) is 2. The quantitative estimate of drug-likeness (QED) is 0.621. The summed E-state index contributed by atoms with van der Waals surface area (Å²) in [7, 11) is 0. The molecule has 0 radical (unpaired) electrons. The molecule has 0 spiro atoms. The maximum Gasteiger partial charge on any atom is 0.335 e. The molecule has 0 saturated heterocycles. The highest BCUT2D eigenvalue weighted by molar-refractivity contribution is 5.98. The third-order valence-corrected chi connectivity index (χ3v) is 5.60. The van der Waals surface area contributed by atoms with Gasteiger partial charge in [0.1, 0.15) is 0 Å². The van der Waals surface area contributed by atoms with E-state index < -0.39 is 5.69 Å². The number of nitrogens with one attached hydrogen (secondary N) is 1.